The second-order valence-electron chi connectivity index (χ2n) is 6.76. The third-order valence-electron chi connectivity index (χ3n) is 5.03. The quantitative estimate of drug-likeness (QED) is 0.707. The molecule has 8 nitrogen and oxygen atoms in total. The fraction of sp³-hybridized carbons (Fsp3) is 0.389. The van der Waals surface area contributed by atoms with Crippen molar-refractivity contribution in [1.82, 2.24) is 29.7 Å². The molecule has 140 valence electrons. The SMILES string of the molecule is Cc1ncc(-c2ccc(F)nc2)c(N2CCC(c3nnc(N)n3C)CC2)n1. The molecule has 1 fully saturated rings. The molecule has 0 aromatic carbocycles. The largest absolute Gasteiger partial charge is 0.368 e. The third kappa shape index (κ3) is 3.32. The summed E-state index contributed by atoms with van der Waals surface area (Å²) < 4.78 is 15.0. The third-order valence-corrected chi connectivity index (χ3v) is 5.03. The van der Waals surface area contributed by atoms with E-state index in [9.17, 15) is 4.39 Å². The highest BCUT2D eigenvalue weighted by atomic mass is 19.1. The standard InChI is InChI=1S/C18H21FN8/c1-11-21-10-14(13-3-4-15(19)22-9-13)17(23-11)27-7-5-12(6-8-27)16-24-25-18(20)26(16)2/h3-4,9-10,12H,5-8H2,1-2H3,(H2,20,25). The zero-order valence-corrected chi connectivity index (χ0v) is 15.3. The molecule has 4 heterocycles. The number of aryl methyl sites for hydroxylation is 1. The Balaban J connectivity index is 1.58. The summed E-state index contributed by atoms with van der Waals surface area (Å²) in [5.74, 6) is 2.73. The van der Waals surface area contributed by atoms with Crippen LogP contribution in [0.2, 0.25) is 0 Å². The van der Waals surface area contributed by atoms with Gasteiger partial charge in [0.05, 0.1) is 0 Å². The lowest BCUT2D eigenvalue weighted by atomic mass is 9.95. The molecule has 0 saturated carbocycles. The highest BCUT2D eigenvalue weighted by Crippen LogP contribution is 2.33. The average Bonchev–Trinajstić information content (AvgIpc) is 3.01. The molecule has 1 saturated heterocycles. The summed E-state index contributed by atoms with van der Waals surface area (Å²) in [4.78, 5) is 15.0. The Labute approximate surface area is 156 Å². The molecule has 0 bridgehead atoms. The number of nitrogen functional groups attached to an aromatic ring is 1. The summed E-state index contributed by atoms with van der Waals surface area (Å²) in [5, 5.41) is 8.18. The Morgan fingerprint density at radius 1 is 1.11 bits per heavy atom. The van der Waals surface area contributed by atoms with Gasteiger partial charge in [-0.15, -0.1) is 10.2 Å². The maximum Gasteiger partial charge on any atom is 0.221 e. The summed E-state index contributed by atoms with van der Waals surface area (Å²) in [5.41, 5.74) is 7.46. The average molecular weight is 368 g/mol. The highest BCUT2D eigenvalue weighted by molar-refractivity contribution is 5.74. The molecule has 1 aliphatic rings. The van der Waals surface area contributed by atoms with Crippen LogP contribution in [0.3, 0.4) is 0 Å². The van der Waals surface area contributed by atoms with E-state index in [2.05, 4.69) is 30.0 Å². The van der Waals surface area contributed by atoms with E-state index in [-0.39, 0.29) is 0 Å². The molecule has 4 rings (SSSR count). The van der Waals surface area contributed by atoms with Gasteiger partial charge in [-0.2, -0.15) is 4.39 Å². The highest BCUT2D eigenvalue weighted by Gasteiger charge is 2.27. The Morgan fingerprint density at radius 2 is 1.89 bits per heavy atom. The number of hydrogen-bond acceptors (Lipinski definition) is 7. The van der Waals surface area contributed by atoms with Crippen molar-refractivity contribution in [1.29, 1.82) is 0 Å². The minimum atomic E-state index is -0.503. The molecule has 3 aromatic heterocycles. The van der Waals surface area contributed by atoms with Crippen LogP contribution in [0.4, 0.5) is 16.2 Å². The molecule has 0 radical (unpaired) electrons. The van der Waals surface area contributed by atoms with Crippen LogP contribution in [-0.2, 0) is 7.05 Å². The first kappa shape index (κ1) is 17.3. The molecule has 2 N–H and O–H groups in total. The zero-order chi connectivity index (χ0) is 19.0. The minimum Gasteiger partial charge on any atom is -0.368 e. The van der Waals surface area contributed by atoms with E-state index in [0.717, 1.165) is 48.7 Å². The lowest BCUT2D eigenvalue weighted by molar-refractivity contribution is 0.472. The summed E-state index contributed by atoms with van der Waals surface area (Å²) in [6.45, 7) is 3.52. The van der Waals surface area contributed by atoms with Crippen molar-refractivity contribution >= 4 is 11.8 Å². The number of halogens is 1. The van der Waals surface area contributed by atoms with Crippen molar-refractivity contribution in [2.75, 3.05) is 23.7 Å². The summed E-state index contributed by atoms with van der Waals surface area (Å²) in [6, 6.07) is 3.05. The number of nitrogens with zero attached hydrogens (tertiary/aromatic N) is 7. The smallest absolute Gasteiger partial charge is 0.221 e. The van der Waals surface area contributed by atoms with Gasteiger partial charge in [-0.25, -0.2) is 15.0 Å². The van der Waals surface area contributed by atoms with Gasteiger partial charge in [0.25, 0.3) is 0 Å². The zero-order valence-electron chi connectivity index (χ0n) is 15.3. The molecule has 9 heteroatoms. The van der Waals surface area contributed by atoms with Crippen molar-refractivity contribution in [2.45, 2.75) is 25.7 Å². The van der Waals surface area contributed by atoms with Gasteiger partial charge in [-0.1, -0.05) is 0 Å². The maximum absolute atomic E-state index is 13.2. The van der Waals surface area contributed by atoms with Gasteiger partial charge in [0.1, 0.15) is 17.5 Å². The Bertz CT molecular complexity index is 944. The van der Waals surface area contributed by atoms with E-state index in [1.807, 2.05) is 18.5 Å². The first-order valence-electron chi connectivity index (χ1n) is 8.88. The Kier molecular flexibility index (Phi) is 4.43. The van der Waals surface area contributed by atoms with Gasteiger partial charge < -0.3 is 15.2 Å². The maximum atomic E-state index is 13.2. The molecule has 0 amide bonds. The van der Waals surface area contributed by atoms with E-state index in [0.29, 0.717) is 17.7 Å². The molecular weight excluding hydrogens is 347 g/mol. The molecule has 0 unspecified atom stereocenters. The van der Waals surface area contributed by atoms with Gasteiger partial charge in [0, 0.05) is 49.6 Å². The number of rotatable bonds is 3. The summed E-state index contributed by atoms with van der Waals surface area (Å²) >= 11 is 0. The first-order valence-corrected chi connectivity index (χ1v) is 8.88. The van der Waals surface area contributed by atoms with E-state index in [4.69, 9.17) is 5.73 Å². The number of nitrogens with two attached hydrogens (primary N) is 1. The first-order chi connectivity index (χ1) is 13.0. The van der Waals surface area contributed by atoms with Gasteiger partial charge in [0.2, 0.25) is 11.9 Å². The molecule has 0 spiro atoms. The minimum absolute atomic E-state index is 0.315. The summed E-state index contributed by atoms with van der Waals surface area (Å²) in [6.07, 6.45) is 5.15. The van der Waals surface area contributed by atoms with Crippen molar-refractivity contribution in [3.05, 3.63) is 42.1 Å². The van der Waals surface area contributed by atoms with Crippen LogP contribution in [0, 0.1) is 12.9 Å². The van der Waals surface area contributed by atoms with Crippen molar-refractivity contribution in [3.8, 4) is 11.1 Å². The van der Waals surface area contributed by atoms with E-state index in [1.165, 1.54) is 12.3 Å². The van der Waals surface area contributed by atoms with E-state index in [1.54, 1.807) is 12.3 Å². The molecular formula is C18H21FN8. The predicted molar refractivity (Wildman–Crippen MR) is 99.6 cm³/mol. The molecule has 1 aliphatic heterocycles. The Morgan fingerprint density at radius 3 is 2.52 bits per heavy atom. The van der Waals surface area contributed by atoms with Gasteiger partial charge in [0.15, 0.2) is 0 Å². The van der Waals surface area contributed by atoms with Gasteiger partial charge in [-0.05, 0) is 31.9 Å². The topological polar surface area (TPSA) is 98.6 Å². The van der Waals surface area contributed by atoms with Crippen LogP contribution in [0.1, 0.15) is 30.4 Å². The van der Waals surface area contributed by atoms with Gasteiger partial charge in [-0.3, -0.25) is 0 Å². The van der Waals surface area contributed by atoms with Crippen molar-refractivity contribution in [2.24, 2.45) is 7.05 Å². The Hall–Kier alpha value is -3.10. The molecule has 0 atom stereocenters. The van der Waals surface area contributed by atoms with Crippen LogP contribution < -0.4 is 10.6 Å². The van der Waals surface area contributed by atoms with Crippen LogP contribution in [0.25, 0.3) is 11.1 Å². The van der Waals surface area contributed by atoms with E-state index >= 15 is 0 Å². The van der Waals surface area contributed by atoms with Crippen LogP contribution in [-0.4, -0.2) is 42.8 Å². The van der Waals surface area contributed by atoms with Crippen LogP contribution >= 0.6 is 0 Å². The number of aromatic nitrogens is 6. The molecule has 3 aromatic rings. The van der Waals surface area contributed by atoms with E-state index < -0.39 is 5.95 Å². The second-order valence-corrected chi connectivity index (χ2v) is 6.76. The lowest BCUT2D eigenvalue weighted by Crippen LogP contribution is -2.34. The van der Waals surface area contributed by atoms with Crippen LogP contribution in [0.15, 0.2) is 24.5 Å². The number of pyridine rings is 1. The van der Waals surface area contributed by atoms with Crippen molar-refractivity contribution in [3.63, 3.8) is 0 Å². The number of piperidine rings is 1. The van der Waals surface area contributed by atoms with Crippen molar-refractivity contribution < 1.29 is 4.39 Å². The fourth-order valence-corrected chi connectivity index (χ4v) is 3.50. The monoisotopic (exact) mass is 368 g/mol. The van der Waals surface area contributed by atoms with Gasteiger partial charge >= 0.3 is 0 Å². The number of hydrogen-bond donors (Lipinski definition) is 1. The molecule has 0 aliphatic carbocycles. The summed E-state index contributed by atoms with van der Waals surface area (Å²) in [7, 11) is 1.89. The normalized spacial score (nSPS) is 15.3. The second kappa shape index (κ2) is 6.90. The lowest BCUT2D eigenvalue weighted by Gasteiger charge is -2.33. The molecule has 27 heavy (non-hydrogen) atoms. The van der Waals surface area contributed by atoms with Crippen LogP contribution in [0.5, 0.6) is 0 Å². The fourth-order valence-electron chi connectivity index (χ4n) is 3.50. The predicted octanol–water partition coefficient (Wildman–Crippen LogP) is 2.08. The number of anilines is 2.